The van der Waals surface area contributed by atoms with Crippen molar-refractivity contribution in [2.45, 2.75) is 64.1 Å². The van der Waals surface area contributed by atoms with Gasteiger partial charge in [0.05, 0.1) is 12.2 Å². The van der Waals surface area contributed by atoms with Crippen molar-refractivity contribution >= 4 is 5.78 Å². The van der Waals surface area contributed by atoms with Crippen LogP contribution >= 0.6 is 0 Å². The van der Waals surface area contributed by atoms with Gasteiger partial charge in [0.25, 0.3) is 0 Å². The Hall–Kier alpha value is -0.670. The Morgan fingerprint density at radius 1 is 1.14 bits per heavy atom. The van der Waals surface area contributed by atoms with E-state index in [0.717, 1.165) is 38.5 Å². The van der Waals surface area contributed by atoms with Crippen LogP contribution in [0.15, 0.2) is 11.6 Å². The first-order valence-electron chi connectivity index (χ1n) is 8.60. The molecule has 0 aromatic rings. The lowest BCUT2D eigenvalue weighted by atomic mass is 9.52. The van der Waals surface area contributed by atoms with Gasteiger partial charge in [-0.25, -0.2) is 0 Å². The van der Waals surface area contributed by atoms with Crippen LogP contribution in [-0.4, -0.2) is 28.2 Å². The summed E-state index contributed by atoms with van der Waals surface area (Å²) in [5.74, 6) is 2.08. The summed E-state index contributed by atoms with van der Waals surface area (Å²) < 4.78 is 0. The summed E-state index contributed by atoms with van der Waals surface area (Å²) in [5.41, 5.74) is 1.31. The third-order valence-corrected chi connectivity index (χ3v) is 7.27. The van der Waals surface area contributed by atoms with Crippen LogP contribution in [0.25, 0.3) is 0 Å². The van der Waals surface area contributed by atoms with Crippen molar-refractivity contribution in [3.63, 3.8) is 0 Å². The molecular weight excluding hydrogens is 264 g/mol. The SMILES string of the molecule is CC12CCC3C(CCC4=CC(=O)CC(O)C43)C1CCC2O. The number of hydrogen-bond acceptors (Lipinski definition) is 3. The van der Waals surface area contributed by atoms with E-state index in [2.05, 4.69) is 6.92 Å². The molecule has 0 aliphatic heterocycles. The molecule has 0 aromatic carbocycles. The van der Waals surface area contributed by atoms with E-state index in [9.17, 15) is 15.0 Å². The highest BCUT2D eigenvalue weighted by molar-refractivity contribution is 5.92. The topological polar surface area (TPSA) is 57.5 Å². The molecule has 3 saturated carbocycles. The van der Waals surface area contributed by atoms with E-state index in [1.54, 1.807) is 0 Å². The van der Waals surface area contributed by atoms with Crippen LogP contribution in [0.1, 0.15) is 51.9 Å². The van der Waals surface area contributed by atoms with Gasteiger partial charge in [0.15, 0.2) is 5.78 Å². The standard InChI is InChI=1S/C18H26O3/c1-18-7-6-13-12(14(18)4-5-16(18)21)3-2-10-8-11(19)9-15(20)17(10)13/h8,12-17,20-21H,2-7,9H2,1H3. The molecule has 0 radical (unpaired) electrons. The molecule has 4 aliphatic carbocycles. The van der Waals surface area contributed by atoms with Crippen molar-refractivity contribution in [1.82, 2.24) is 0 Å². The number of carbonyl (C=O) groups is 1. The third-order valence-electron chi connectivity index (χ3n) is 7.27. The Morgan fingerprint density at radius 2 is 1.95 bits per heavy atom. The summed E-state index contributed by atoms with van der Waals surface area (Å²) >= 11 is 0. The Kier molecular flexibility index (Phi) is 3.10. The van der Waals surface area contributed by atoms with Crippen LogP contribution < -0.4 is 0 Å². The fraction of sp³-hybridized carbons (Fsp3) is 0.833. The molecule has 0 saturated heterocycles. The first kappa shape index (κ1) is 14.0. The van der Waals surface area contributed by atoms with Crippen molar-refractivity contribution in [3.8, 4) is 0 Å². The molecule has 7 unspecified atom stereocenters. The highest BCUT2D eigenvalue weighted by Gasteiger charge is 2.56. The minimum atomic E-state index is -0.471. The summed E-state index contributed by atoms with van der Waals surface area (Å²) in [5, 5.41) is 20.8. The van der Waals surface area contributed by atoms with Gasteiger partial charge in [-0.15, -0.1) is 0 Å². The van der Waals surface area contributed by atoms with E-state index >= 15 is 0 Å². The molecule has 0 amide bonds. The molecule has 3 heteroatoms. The van der Waals surface area contributed by atoms with Crippen LogP contribution in [0.4, 0.5) is 0 Å². The Balaban J connectivity index is 1.66. The molecule has 116 valence electrons. The lowest BCUT2D eigenvalue weighted by Crippen LogP contribution is -2.50. The summed E-state index contributed by atoms with van der Waals surface area (Å²) in [7, 11) is 0. The molecule has 3 nitrogen and oxygen atoms in total. The maximum Gasteiger partial charge on any atom is 0.158 e. The van der Waals surface area contributed by atoms with Gasteiger partial charge in [0.1, 0.15) is 0 Å². The second-order valence-electron chi connectivity index (χ2n) is 8.09. The number of aliphatic hydroxyl groups is 2. The first-order valence-corrected chi connectivity index (χ1v) is 8.60. The van der Waals surface area contributed by atoms with E-state index < -0.39 is 6.10 Å². The fourth-order valence-electron chi connectivity index (χ4n) is 6.23. The molecule has 4 aliphatic rings. The molecule has 0 spiro atoms. The minimum Gasteiger partial charge on any atom is -0.393 e. The van der Waals surface area contributed by atoms with E-state index in [1.165, 1.54) is 5.57 Å². The zero-order valence-electron chi connectivity index (χ0n) is 12.8. The van der Waals surface area contributed by atoms with Gasteiger partial charge >= 0.3 is 0 Å². The van der Waals surface area contributed by atoms with Gasteiger partial charge in [0, 0.05) is 12.3 Å². The predicted octanol–water partition coefficient (Wildman–Crippen LogP) is 2.46. The van der Waals surface area contributed by atoms with Gasteiger partial charge in [-0.3, -0.25) is 4.79 Å². The quantitative estimate of drug-likeness (QED) is 0.720. The molecule has 0 bridgehead atoms. The smallest absolute Gasteiger partial charge is 0.158 e. The van der Waals surface area contributed by atoms with Crippen molar-refractivity contribution in [1.29, 1.82) is 0 Å². The molecule has 4 rings (SSSR count). The normalized spacial score (nSPS) is 52.7. The van der Waals surface area contributed by atoms with Gasteiger partial charge in [-0.2, -0.15) is 0 Å². The molecule has 7 atom stereocenters. The van der Waals surface area contributed by atoms with E-state index in [-0.39, 0.29) is 23.2 Å². The monoisotopic (exact) mass is 290 g/mol. The summed E-state index contributed by atoms with van der Waals surface area (Å²) in [4.78, 5) is 11.7. The van der Waals surface area contributed by atoms with Crippen LogP contribution in [0.3, 0.4) is 0 Å². The molecule has 2 N–H and O–H groups in total. The van der Waals surface area contributed by atoms with Crippen LogP contribution in [0.2, 0.25) is 0 Å². The van der Waals surface area contributed by atoms with Crippen LogP contribution in [0.5, 0.6) is 0 Å². The molecule has 21 heavy (non-hydrogen) atoms. The largest absolute Gasteiger partial charge is 0.393 e. The van der Waals surface area contributed by atoms with Crippen molar-refractivity contribution in [2.24, 2.45) is 29.1 Å². The lowest BCUT2D eigenvalue weighted by molar-refractivity contribution is -0.120. The number of hydrogen-bond donors (Lipinski definition) is 2. The van der Waals surface area contributed by atoms with Crippen LogP contribution in [-0.2, 0) is 4.79 Å². The zero-order chi connectivity index (χ0) is 14.8. The highest BCUT2D eigenvalue weighted by atomic mass is 16.3. The Labute approximate surface area is 126 Å². The Morgan fingerprint density at radius 3 is 2.76 bits per heavy atom. The maximum atomic E-state index is 11.7. The molecule has 0 heterocycles. The summed E-state index contributed by atoms with van der Waals surface area (Å²) in [6, 6.07) is 0. The summed E-state index contributed by atoms with van der Waals surface area (Å²) in [6.07, 6.45) is 7.88. The number of carbonyl (C=O) groups excluding carboxylic acids is 1. The van der Waals surface area contributed by atoms with E-state index in [0.29, 0.717) is 24.2 Å². The molecule has 0 aromatic heterocycles. The van der Waals surface area contributed by atoms with E-state index in [1.807, 2.05) is 6.08 Å². The summed E-state index contributed by atoms with van der Waals surface area (Å²) in [6.45, 7) is 2.28. The van der Waals surface area contributed by atoms with Gasteiger partial charge in [-0.05, 0) is 67.8 Å². The highest BCUT2D eigenvalue weighted by Crippen LogP contribution is 2.61. The fourth-order valence-corrected chi connectivity index (χ4v) is 6.23. The average Bonchev–Trinajstić information content (AvgIpc) is 2.74. The predicted molar refractivity (Wildman–Crippen MR) is 79.5 cm³/mol. The number of fused-ring (bicyclic) bond motifs is 5. The van der Waals surface area contributed by atoms with Gasteiger partial charge < -0.3 is 10.2 Å². The maximum absolute atomic E-state index is 11.7. The van der Waals surface area contributed by atoms with Gasteiger partial charge in [-0.1, -0.05) is 12.5 Å². The van der Waals surface area contributed by atoms with Crippen molar-refractivity contribution in [2.75, 3.05) is 0 Å². The van der Waals surface area contributed by atoms with Crippen LogP contribution in [0, 0.1) is 29.1 Å². The van der Waals surface area contributed by atoms with Gasteiger partial charge in [0.2, 0.25) is 0 Å². The number of rotatable bonds is 0. The number of aliphatic hydroxyl groups excluding tert-OH is 2. The van der Waals surface area contributed by atoms with E-state index in [4.69, 9.17) is 0 Å². The number of ketones is 1. The van der Waals surface area contributed by atoms with Crippen molar-refractivity contribution in [3.05, 3.63) is 11.6 Å². The first-order chi connectivity index (χ1) is 10.0. The molecule has 3 fully saturated rings. The Bertz CT molecular complexity index is 497. The zero-order valence-corrected chi connectivity index (χ0v) is 12.8. The average molecular weight is 290 g/mol. The minimum absolute atomic E-state index is 0.0951. The lowest BCUT2D eigenvalue weighted by Gasteiger charge is -2.54. The molecular formula is C18H26O3. The second kappa shape index (κ2) is 4.66. The third kappa shape index (κ3) is 1.90. The van der Waals surface area contributed by atoms with Crippen molar-refractivity contribution < 1.29 is 15.0 Å². The second-order valence-corrected chi connectivity index (χ2v) is 8.09.